The van der Waals surface area contributed by atoms with Gasteiger partial charge in [-0.3, -0.25) is 5.32 Å². The number of nitrogens with zero attached hydrogens (tertiary/aromatic N) is 3. The molecule has 0 bridgehead atoms. The summed E-state index contributed by atoms with van der Waals surface area (Å²) in [6.07, 6.45) is 9.18. The molecule has 1 amide bonds. The van der Waals surface area contributed by atoms with E-state index in [1.165, 1.54) is 0 Å². The lowest BCUT2D eigenvalue weighted by atomic mass is 10.1. The van der Waals surface area contributed by atoms with E-state index in [1.807, 2.05) is 61.1 Å². The van der Waals surface area contributed by atoms with Crippen LogP contribution >= 0.6 is 0 Å². The van der Waals surface area contributed by atoms with Crippen molar-refractivity contribution in [3.8, 4) is 11.8 Å². The lowest BCUT2D eigenvalue weighted by Gasteiger charge is -2.29. The minimum atomic E-state index is -0.420. The highest BCUT2D eigenvalue weighted by Crippen LogP contribution is 2.41. The number of nitrogens with two attached hydrogens (primary N) is 1. The fourth-order valence-electron chi connectivity index (χ4n) is 4.34. The van der Waals surface area contributed by atoms with E-state index < -0.39 is 6.09 Å². The third kappa shape index (κ3) is 5.32. The molecule has 8 nitrogen and oxygen atoms in total. The highest BCUT2D eigenvalue weighted by atomic mass is 16.6. The predicted octanol–water partition coefficient (Wildman–Crippen LogP) is 5.79. The maximum Gasteiger partial charge on any atom is 0.411 e. The Balaban J connectivity index is 1.35. The summed E-state index contributed by atoms with van der Waals surface area (Å²) in [4.78, 5) is 18.8. The molecule has 3 N–H and O–H groups in total. The summed E-state index contributed by atoms with van der Waals surface area (Å²) in [7, 11) is 1.90. The van der Waals surface area contributed by atoms with Gasteiger partial charge in [0.05, 0.1) is 5.70 Å². The molecular weight excluding hydrogens is 454 g/mol. The van der Waals surface area contributed by atoms with Crippen molar-refractivity contribution in [1.82, 2.24) is 9.55 Å². The molecule has 2 aliphatic carbocycles. The topological polar surface area (TPSA) is 94.6 Å². The van der Waals surface area contributed by atoms with Crippen LogP contribution in [0.25, 0.3) is 5.70 Å². The third-order valence-corrected chi connectivity index (χ3v) is 6.76. The van der Waals surface area contributed by atoms with Gasteiger partial charge in [0.1, 0.15) is 11.9 Å². The summed E-state index contributed by atoms with van der Waals surface area (Å²) in [6, 6.07) is 14.6. The second kappa shape index (κ2) is 9.97. The van der Waals surface area contributed by atoms with Gasteiger partial charge in [0.2, 0.25) is 0 Å². The van der Waals surface area contributed by atoms with E-state index in [-0.39, 0.29) is 6.10 Å². The summed E-state index contributed by atoms with van der Waals surface area (Å²) in [5, 5.41) is 2.83. The molecule has 1 atom stereocenters. The van der Waals surface area contributed by atoms with Gasteiger partial charge in [0.25, 0.3) is 0 Å². The van der Waals surface area contributed by atoms with Crippen molar-refractivity contribution in [2.24, 2.45) is 18.7 Å². The second-order valence-electron chi connectivity index (χ2n) is 9.67. The van der Waals surface area contributed by atoms with E-state index >= 15 is 0 Å². The van der Waals surface area contributed by atoms with Crippen molar-refractivity contribution in [3.05, 3.63) is 72.2 Å². The van der Waals surface area contributed by atoms with Crippen LogP contribution in [0.4, 0.5) is 16.2 Å². The fraction of sp³-hybridized carbons (Fsp3) is 0.357. The van der Waals surface area contributed by atoms with Gasteiger partial charge in [-0.2, -0.15) is 0 Å². The number of imidazole rings is 1. The van der Waals surface area contributed by atoms with Crippen molar-refractivity contribution in [3.63, 3.8) is 0 Å². The molecular formula is C28H33N5O3. The molecule has 36 heavy (non-hydrogen) atoms. The Labute approximate surface area is 211 Å². The summed E-state index contributed by atoms with van der Waals surface area (Å²) >= 11 is 0. The van der Waals surface area contributed by atoms with Gasteiger partial charge in [0, 0.05) is 49.1 Å². The zero-order valence-electron chi connectivity index (χ0n) is 21.0. The van der Waals surface area contributed by atoms with Crippen molar-refractivity contribution >= 4 is 23.2 Å². The summed E-state index contributed by atoms with van der Waals surface area (Å²) in [5.74, 6) is 1.21. The minimum Gasteiger partial charge on any atom is -0.446 e. The number of amides is 1. The highest BCUT2D eigenvalue weighted by molar-refractivity contribution is 5.86. The van der Waals surface area contributed by atoms with E-state index in [0.717, 1.165) is 48.2 Å². The number of ether oxygens (including phenoxy) is 2. The molecule has 1 heterocycles. The first-order valence-corrected chi connectivity index (χ1v) is 12.5. The summed E-state index contributed by atoms with van der Waals surface area (Å²) in [5.41, 5.74) is 10.9. The first-order valence-electron chi connectivity index (χ1n) is 12.5. The van der Waals surface area contributed by atoms with Crippen molar-refractivity contribution in [2.75, 3.05) is 10.2 Å². The predicted molar refractivity (Wildman–Crippen MR) is 141 cm³/mol. The van der Waals surface area contributed by atoms with Crippen molar-refractivity contribution < 1.29 is 14.3 Å². The van der Waals surface area contributed by atoms with E-state index in [4.69, 9.17) is 15.2 Å². The largest absolute Gasteiger partial charge is 0.446 e. The van der Waals surface area contributed by atoms with Crippen LogP contribution in [0, 0.1) is 12.8 Å². The van der Waals surface area contributed by atoms with Gasteiger partial charge in [-0.15, -0.1) is 0 Å². The molecule has 1 aromatic heterocycles. The van der Waals surface area contributed by atoms with Crippen LogP contribution in [0.3, 0.4) is 0 Å². The number of benzene rings is 2. The molecule has 8 heteroatoms. The van der Waals surface area contributed by atoms with E-state index in [1.54, 1.807) is 12.4 Å². The summed E-state index contributed by atoms with van der Waals surface area (Å²) in [6.45, 7) is 4.04. The highest BCUT2D eigenvalue weighted by Gasteiger charge is 2.33. The summed E-state index contributed by atoms with van der Waals surface area (Å²) < 4.78 is 13.3. The number of rotatable bonds is 9. The number of anilines is 2. The van der Waals surface area contributed by atoms with Crippen LogP contribution in [0.15, 0.2) is 61.1 Å². The number of nitrogens with one attached hydrogen (secondary N) is 1. The standard InChI is InChI=1S/C28H33N5O3/c1-18-4-13-24(36-27-30-14-15-32(27)3)16-25(18)33(23-11-12-23)26(17-29)21-7-9-22(10-8-21)31-28(34)35-19(2)20-5-6-20/h4,7-10,13-17,19-20,23H,5-6,11-12,29H2,1-3H3,(H,31,34)/b26-17+. The molecule has 2 aliphatic rings. The van der Waals surface area contributed by atoms with Gasteiger partial charge >= 0.3 is 12.1 Å². The molecule has 0 radical (unpaired) electrons. The van der Waals surface area contributed by atoms with Gasteiger partial charge in [0.15, 0.2) is 0 Å². The van der Waals surface area contributed by atoms with Gasteiger partial charge in [-0.25, -0.2) is 9.78 Å². The molecule has 188 valence electrons. The normalized spacial score (nSPS) is 16.4. The van der Waals surface area contributed by atoms with Crippen LogP contribution in [-0.2, 0) is 11.8 Å². The Hall–Kier alpha value is -3.94. The smallest absolute Gasteiger partial charge is 0.411 e. The number of hydrogen-bond donors (Lipinski definition) is 2. The molecule has 0 aliphatic heterocycles. The number of aryl methyl sites for hydroxylation is 2. The lowest BCUT2D eigenvalue weighted by Crippen LogP contribution is -2.25. The van der Waals surface area contributed by atoms with Crippen LogP contribution in [-0.4, -0.2) is 27.8 Å². The molecule has 0 spiro atoms. The lowest BCUT2D eigenvalue weighted by molar-refractivity contribution is 0.108. The molecule has 2 saturated carbocycles. The third-order valence-electron chi connectivity index (χ3n) is 6.76. The Morgan fingerprint density at radius 1 is 1.19 bits per heavy atom. The van der Waals surface area contributed by atoms with Gasteiger partial charge < -0.3 is 24.7 Å². The monoisotopic (exact) mass is 487 g/mol. The number of aromatic nitrogens is 2. The second-order valence-corrected chi connectivity index (χ2v) is 9.67. The Morgan fingerprint density at radius 2 is 1.94 bits per heavy atom. The molecule has 1 unspecified atom stereocenters. The van der Waals surface area contributed by atoms with Crippen LogP contribution < -0.4 is 20.7 Å². The molecule has 5 rings (SSSR count). The van der Waals surface area contributed by atoms with Crippen molar-refractivity contribution in [1.29, 1.82) is 0 Å². The first kappa shape index (κ1) is 23.8. The Bertz CT molecular complexity index is 1260. The van der Waals surface area contributed by atoms with E-state index in [9.17, 15) is 4.79 Å². The Kier molecular flexibility index (Phi) is 6.59. The van der Waals surface area contributed by atoms with Crippen LogP contribution in [0.2, 0.25) is 0 Å². The van der Waals surface area contributed by atoms with Crippen LogP contribution in [0.1, 0.15) is 43.7 Å². The zero-order chi connectivity index (χ0) is 25.2. The average Bonchev–Trinajstić information content (AvgIpc) is 3.79. The van der Waals surface area contributed by atoms with Gasteiger partial charge in [-0.05, 0) is 74.8 Å². The van der Waals surface area contributed by atoms with Crippen LogP contribution in [0.5, 0.6) is 11.8 Å². The Morgan fingerprint density at radius 3 is 2.56 bits per heavy atom. The minimum absolute atomic E-state index is 0.0523. The van der Waals surface area contributed by atoms with E-state index in [0.29, 0.717) is 29.4 Å². The van der Waals surface area contributed by atoms with Crippen molar-refractivity contribution in [2.45, 2.75) is 51.7 Å². The molecule has 0 saturated heterocycles. The molecule has 2 aromatic carbocycles. The zero-order valence-corrected chi connectivity index (χ0v) is 21.0. The molecule has 2 fully saturated rings. The SMILES string of the molecule is Cc1ccc(Oc2nccn2C)cc1N(/C(=C/N)c1ccc(NC(=O)OC(C)C2CC2)cc1)C1CC1. The fourth-order valence-corrected chi connectivity index (χ4v) is 4.34. The average molecular weight is 488 g/mol. The number of hydrogen-bond acceptors (Lipinski definition) is 6. The maximum absolute atomic E-state index is 12.2. The number of carbonyl (C=O) groups excluding carboxylic acids is 1. The quantitative estimate of drug-likeness (QED) is 0.396. The maximum atomic E-state index is 12.2. The van der Waals surface area contributed by atoms with Gasteiger partial charge in [-0.1, -0.05) is 18.2 Å². The molecule has 3 aromatic rings. The van der Waals surface area contributed by atoms with E-state index in [2.05, 4.69) is 28.2 Å². The first-order chi connectivity index (χ1) is 17.4. The number of carbonyl (C=O) groups is 1.